The van der Waals surface area contributed by atoms with Gasteiger partial charge in [0.25, 0.3) is 5.91 Å². The number of anilines is 1. The smallest absolute Gasteiger partial charge is 0.261 e. The van der Waals surface area contributed by atoms with Gasteiger partial charge in [0.15, 0.2) is 5.60 Å². The number of nitrogens with one attached hydrogen (secondary N) is 1. The van der Waals surface area contributed by atoms with Crippen LogP contribution in [0.1, 0.15) is 44.6 Å². The number of fused-ring (bicyclic) bond motifs is 2. The van der Waals surface area contributed by atoms with Crippen LogP contribution >= 0.6 is 0 Å². The molecule has 1 unspecified atom stereocenters. The van der Waals surface area contributed by atoms with E-state index in [0.717, 1.165) is 38.1 Å². The predicted octanol–water partition coefficient (Wildman–Crippen LogP) is 2.46. The van der Waals surface area contributed by atoms with Crippen molar-refractivity contribution in [3.63, 3.8) is 0 Å². The van der Waals surface area contributed by atoms with Crippen molar-refractivity contribution in [1.29, 1.82) is 0 Å². The maximum atomic E-state index is 12.4. The van der Waals surface area contributed by atoms with E-state index in [2.05, 4.69) is 17.1 Å². The summed E-state index contributed by atoms with van der Waals surface area (Å²) in [7, 11) is 0. The molecule has 2 saturated heterocycles. The fourth-order valence-corrected chi connectivity index (χ4v) is 4.78. The van der Waals surface area contributed by atoms with Crippen LogP contribution in [-0.4, -0.2) is 41.8 Å². The van der Waals surface area contributed by atoms with Gasteiger partial charge in [0.05, 0.1) is 0 Å². The molecule has 0 radical (unpaired) electrons. The van der Waals surface area contributed by atoms with E-state index in [0.29, 0.717) is 18.5 Å². The molecule has 1 aromatic rings. The van der Waals surface area contributed by atoms with Crippen molar-refractivity contribution in [3.05, 3.63) is 29.8 Å². The predicted molar refractivity (Wildman–Crippen MR) is 91.5 cm³/mol. The Kier molecular flexibility index (Phi) is 3.90. The fourth-order valence-electron chi connectivity index (χ4n) is 4.78. The number of para-hydroxylation sites is 1. The van der Waals surface area contributed by atoms with Crippen LogP contribution in [0.2, 0.25) is 0 Å². The highest BCUT2D eigenvalue weighted by molar-refractivity contribution is 6.04. The molecular formula is C19H26N2O3. The molecule has 0 aromatic heterocycles. The third-order valence-corrected chi connectivity index (χ3v) is 6.31. The molecule has 4 rings (SSSR count). The van der Waals surface area contributed by atoms with Gasteiger partial charge in [0.2, 0.25) is 0 Å². The van der Waals surface area contributed by atoms with Crippen molar-refractivity contribution in [1.82, 2.24) is 4.90 Å². The van der Waals surface area contributed by atoms with Gasteiger partial charge in [-0.15, -0.1) is 0 Å². The van der Waals surface area contributed by atoms with Crippen LogP contribution in [0.5, 0.6) is 0 Å². The summed E-state index contributed by atoms with van der Waals surface area (Å²) in [6, 6.07) is 7.42. The van der Waals surface area contributed by atoms with Gasteiger partial charge in [-0.1, -0.05) is 25.1 Å². The maximum absolute atomic E-state index is 12.4. The third kappa shape index (κ3) is 2.30. The normalized spacial score (nSPS) is 35.6. The minimum absolute atomic E-state index is 0.138. The summed E-state index contributed by atoms with van der Waals surface area (Å²) in [5.74, 6) is -0.310. The summed E-state index contributed by atoms with van der Waals surface area (Å²) in [6.45, 7) is 4.72. The minimum atomic E-state index is -1.43. The SMILES string of the molecule is CC[C@@]12CCCN(CCC3(O)C(=O)Nc4ccccc43)[C@@H]1OCC2. The van der Waals surface area contributed by atoms with Crippen molar-refractivity contribution in [2.45, 2.75) is 50.9 Å². The third-order valence-electron chi connectivity index (χ3n) is 6.31. The lowest BCUT2D eigenvalue weighted by atomic mass is 9.75. The van der Waals surface area contributed by atoms with Gasteiger partial charge in [-0.05, 0) is 31.7 Å². The average Bonchev–Trinajstić information content (AvgIpc) is 3.14. The molecule has 130 valence electrons. The van der Waals surface area contributed by atoms with Gasteiger partial charge in [-0.25, -0.2) is 0 Å². The van der Waals surface area contributed by atoms with Crippen LogP contribution in [0.15, 0.2) is 24.3 Å². The van der Waals surface area contributed by atoms with Crippen molar-refractivity contribution in [2.24, 2.45) is 5.41 Å². The van der Waals surface area contributed by atoms with Gasteiger partial charge in [-0.2, -0.15) is 0 Å². The Morgan fingerprint density at radius 2 is 2.21 bits per heavy atom. The number of benzene rings is 1. The lowest BCUT2D eigenvalue weighted by Crippen LogP contribution is -2.51. The Bertz CT molecular complexity index is 649. The Balaban J connectivity index is 1.52. The summed E-state index contributed by atoms with van der Waals surface area (Å²) in [4.78, 5) is 14.7. The molecule has 3 aliphatic heterocycles. The molecule has 5 heteroatoms. The molecule has 0 spiro atoms. The second kappa shape index (κ2) is 5.83. The number of hydrogen-bond donors (Lipinski definition) is 2. The number of carbonyl (C=O) groups excluding carboxylic acids is 1. The quantitative estimate of drug-likeness (QED) is 0.890. The monoisotopic (exact) mass is 330 g/mol. The molecular weight excluding hydrogens is 304 g/mol. The van der Waals surface area contributed by atoms with Gasteiger partial charge >= 0.3 is 0 Å². The molecule has 0 aliphatic carbocycles. The summed E-state index contributed by atoms with van der Waals surface area (Å²) in [5, 5.41) is 13.8. The first-order chi connectivity index (χ1) is 11.6. The number of rotatable bonds is 4. The van der Waals surface area contributed by atoms with E-state index in [1.165, 1.54) is 6.42 Å². The van der Waals surface area contributed by atoms with Crippen molar-refractivity contribution in [3.8, 4) is 0 Å². The van der Waals surface area contributed by atoms with E-state index in [9.17, 15) is 9.90 Å². The van der Waals surface area contributed by atoms with Crippen LogP contribution in [0.25, 0.3) is 0 Å². The molecule has 0 bridgehead atoms. The molecule has 24 heavy (non-hydrogen) atoms. The number of hydrogen-bond acceptors (Lipinski definition) is 4. The summed E-state index contributed by atoms with van der Waals surface area (Å²) in [6.07, 6.45) is 5.17. The van der Waals surface area contributed by atoms with Gasteiger partial charge in [-0.3, -0.25) is 9.69 Å². The first-order valence-electron chi connectivity index (χ1n) is 9.08. The lowest BCUT2D eigenvalue weighted by molar-refractivity contribution is -0.138. The number of nitrogens with zero attached hydrogens (tertiary/aromatic N) is 1. The largest absolute Gasteiger partial charge is 0.375 e. The number of piperidine rings is 1. The number of ether oxygens (including phenoxy) is 1. The van der Waals surface area contributed by atoms with Crippen LogP contribution in [-0.2, 0) is 15.1 Å². The zero-order valence-corrected chi connectivity index (χ0v) is 14.3. The molecule has 2 N–H and O–H groups in total. The van der Waals surface area contributed by atoms with E-state index in [1.807, 2.05) is 24.3 Å². The second-order valence-corrected chi connectivity index (χ2v) is 7.44. The van der Waals surface area contributed by atoms with Crippen LogP contribution < -0.4 is 5.32 Å². The van der Waals surface area contributed by atoms with Crippen LogP contribution in [0, 0.1) is 5.41 Å². The van der Waals surface area contributed by atoms with Gasteiger partial charge in [0.1, 0.15) is 6.23 Å². The summed E-state index contributed by atoms with van der Waals surface area (Å²) >= 11 is 0. The lowest BCUT2D eigenvalue weighted by Gasteiger charge is -2.45. The van der Waals surface area contributed by atoms with Crippen LogP contribution in [0.3, 0.4) is 0 Å². The molecule has 3 aliphatic rings. The Morgan fingerprint density at radius 3 is 3.04 bits per heavy atom. The minimum Gasteiger partial charge on any atom is -0.375 e. The van der Waals surface area contributed by atoms with Crippen LogP contribution in [0.4, 0.5) is 5.69 Å². The maximum Gasteiger partial charge on any atom is 0.261 e. The number of likely N-dealkylation sites (tertiary alicyclic amines) is 1. The number of amides is 1. The Hall–Kier alpha value is -1.43. The number of aliphatic hydroxyl groups is 1. The van der Waals surface area contributed by atoms with E-state index < -0.39 is 5.60 Å². The Labute approximate surface area is 143 Å². The number of carbonyl (C=O) groups is 1. The van der Waals surface area contributed by atoms with Crippen molar-refractivity contribution >= 4 is 11.6 Å². The standard InChI is InChI=1S/C19H26N2O3/c1-2-18-8-5-11-21(17(18)24-13-10-18)12-9-19(23)14-6-3-4-7-15(14)20-16(19)22/h3-4,6-7,17,23H,2,5,8-13H2,1H3,(H,20,22)/t17-,18+,19?/m1/s1. The molecule has 5 nitrogen and oxygen atoms in total. The first kappa shape index (κ1) is 16.1. The fraction of sp³-hybridized carbons (Fsp3) is 0.632. The molecule has 1 aromatic carbocycles. The summed E-state index contributed by atoms with van der Waals surface area (Å²) in [5.41, 5.74) is 0.253. The van der Waals surface area contributed by atoms with E-state index >= 15 is 0 Å². The highest BCUT2D eigenvalue weighted by Gasteiger charge is 2.50. The highest BCUT2D eigenvalue weighted by Crippen LogP contribution is 2.47. The van der Waals surface area contributed by atoms with Gasteiger partial charge in [0, 0.05) is 42.8 Å². The van der Waals surface area contributed by atoms with E-state index in [1.54, 1.807) is 0 Å². The molecule has 1 amide bonds. The molecule has 2 fully saturated rings. The van der Waals surface area contributed by atoms with Crippen molar-refractivity contribution < 1.29 is 14.6 Å². The van der Waals surface area contributed by atoms with E-state index in [4.69, 9.17) is 4.74 Å². The van der Waals surface area contributed by atoms with Gasteiger partial charge < -0.3 is 15.2 Å². The zero-order valence-electron chi connectivity index (χ0n) is 14.3. The average molecular weight is 330 g/mol. The molecule has 3 heterocycles. The Morgan fingerprint density at radius 1 is 1.38 bits per heavy atom. The summed E-state index contributed by atoms with van der Waals surface area (Å²) < 4.78 is 6.05. The molecule has 0 saturated carbocycles. The molecule has 3 atom stereocenters. The van der Waals surface area contributed by atoms with Crippen molar-refractivity contribution in [2.75, 3.05) is 25.0 Å². The zero-order chi connectivity index (χ0) is 16.8. The first-order valence-corrected chi connectivity index (χ1v) is 9.08. The topological polar surface area (TPSA) is 61.8 Å². The second-order valence-electron chi connectivity index (χ2n) is 7.44. The highest BCUT2D eigenvalue weighted by atomic mass is 16.5. The van der Waals surface area contributed by atoms with E-state index in [-0.39, 0.29) is 17.6 Å².